The van der Waals surface area contributed by atoms with Gasteiger partial charge in [-0.1, -0.05) is 17.7 Å². The summed E-state index contributed by atoms with van der Waals surface area (Å²) in [4.78, 5) is 22.1. The number of ether oxygens (including phenoxy) is 1. The predicted molar refractivity (Wildman–Crippen MR) is 91.1 cm³/mol. The van der Waals surface area contributed by atoms with Crippen LogP contribution in [0.15, 0.2) is 42.5 Å². The number of hydrogen-bond donors (Lipinski definition) is 2. The zero-order valence-corrected chi connectivity index (χ0v) is 14.3. The Morgan fingerprint density at radius 2 is 1.81 bits per heavy atom. The Morgan fingerprint density at radius 1 is 1.19 bits per heavy atom. The lowest BCUT2D eigenvalue weighted by Crippen LogP contribution is -2.39. The smallest absolute Gasteiger partial charge is 0.416 e. The third-order valence-electron chi connectivity index (χ3n) is 3.55. The van der Waals surface area contributed by atoms with Crippen LogP contribution >= 0.6 is 0 Å². The molecule has 27 heavy (non-hydrogen) atoms. The maximum absolute atomic E-state index is 12.7. The van der Waals surface area contributed by atoms with E-state index < -0.39 is 34.4 Å². The van der Waals surface area contributed by atoms with Crippen LogP contribution in [-0.4, -0.2) is 16.9 Å². The quantitative estimate of drug-likeness (QED) is 0.584. The number of nitro groups is 1. The first-order chi connectivity index (χ1) is 12.6. The number of anilines is 1. The fourth-order valence-corrected chi connectivity index (χ4v) is 2.07. The van der Waals surface area contributed by atoms with Crippen molar-refractivity contribution in [1.82, 2.24) is 5.43 Å². The van der Waals surface area contributed by atoms with Gasteiger partial charge in [0.05, 0.1) is 10.5 Å². The van der Waals surface area contributed by atoms with Crippen LogP contribution in [0.1, 0.15) is 18.1 Å². The van der Waals surface area contributed by atoms with E-state index >= 15 is 0 Å². The number of nitrogens with one attached hydrogen (secondary N) is 2. The second-order valence-corrected chi connectivity index (χ2v) is 5.67. The standard InChI is InChI=1S/C17H16F3N3O4/c1-10-3-6-13(7-4-10)27-11(2)16(24)22-21-14-8-5-12(17(18,19)20)9-15(14)23(25)26/h3-9,11,21H,1-2H3,(H,22,24). The van der Waals surface area contributed by atoms with Crippen molar-refractivity contribution in [3.05, 3.63) is 63.7 Å². The minimum Gasteiger partial charge on any atom is -0.481 e. The number of amides is 1. The van der Waals surface area contributed by atoms with Gasteiger partial charge in [0.2, 0.25) is 0 Å². The fraction of sp³-hybridized carbons (Fsp3) is 0.235. The Labute approximate surface area is 152 Å². The van der Waals surface area contributed by atoms with Crippen molar-refractivity contribution in [2.45, 2.75) is 26.1 Å². The molecule has 0 saturated heterocycles. The van der Waals surface area contributed by atoms with E-state index in [0.29, 0.717) is 17.9 Å². The molecule has 2 rings (SSSR count). The van der Waals surface area contributed by atoms with Crippen molar-refractivity contribution < 1.29 is 27.6 Å². The van der Waals surface area contributed by atoms with Gasteiger partial charge in [0.1, 0.15) is 11.4 Å². The van der Waals surface area contributed by atoms with Gasteiger partial charge in [0.25, 0.3) is 11.6 Å². The highest BCUT2D eigenvalue weighted by molar-refractivity contribution is 5.82. The molecule has 0 spiro atoms. The van der Waals surface area contributed by atoms with E-state index in [0.717, 1.165) is 11.6 Å². The van der Waals surface area contributed by atoms with Crippen LogP contribution in [0.3, 0.4) is 0 Å². The third kappa shape index (κ3) is 5.33. The van der Waals surface area contributed by atoms with Crippen molar-refractivity contribution >= 4 is 17.3 Å². The third-order valence-corrected chi connectivity index (χ3v) is 3.55. The number of carbonyl (C=O) groups excluding carboxylic acids is 1. The molecule has 1 atom stereocenters. The van der Waals surface area contributed by atoms with Crippen molar-refractivity contribution in [2.75, 3.05) is 5.43 Å². The molecule has 144 valence electrons. The number of aryl methyl sites for hydroxylation is 1. The minimum atomic E-state index is -4.72. The molecule has 0 aliphatic carbocycles. The lowest BCUT2D eigenvalue weighted by atomic mass is 10.1. The average molecular weight is 383 g/mol. The number of benzene rings is 2. The Morgan fingerprint density at radius 3 is 2.37 bits per heavy atom. The maximum atomic E-state index is 12.7. The summed E-state index contributed by atoms with van der Waals surface area (Å²) in [7, 11) is 0. The zero-order valence-electron chi connectivity index (χ0n) is 14.3. The van der Waals surface area contributed by atoms with E-state index in [1.54, 1.807) is 24.3 Å². The van der Waals surface area contributed by atoms with Crippen molar-refractivity contribution in [3.63, 3.8) is 0 Å². The Hall–Kier alpha value is -3.30. The van der Waals surface area contributed by atoms with Gasteiger partial charge < -0.3 is 4.74 Å². The molecule has 0 aliphatic rings. The fourth-order valence-electron chi connectivity index (χ4n) is 2.07. The van der Waals surface area contributed by atoms with Crippen molar-refractivity contribution in [3.8, 4) is 5.75 Å². The molecule has 0 bridgehead atoms. The summed E-state index contributed by atoms with van der Waals surface area (Å²) in [5, 5.41) is 11.0. The summed E-state index contributed by atoms with van der Waals surface area (Å²) >= 11 is 0. The van der Waals surface area contributed by atoms with Crippen LogP contribution in [0.25, 0.3) is 0 Å². The Balaban J connectivity index is 2.05. The van der Waals surface area contributed by atoms with Crippen LogP contribution in [0, 0.1) is 17.0 Å². The number of carbonyl (C=O) groups is 1. The molecule has 0 aliphatic heterocycles. The molecule has 2 aromatic carbocycles. The van der Waals surface area contributed by atoms with E-state index in [9.17, 15) is 28.1 Å². The summed E-state index contributed by atoms with van der Waals surface area (Å²) in [5.41, 5.74) is 3.18. The van der Waals surface area contributed by atoms with Gasteiger partial charge in [-0.3, -0.25) is 25.8 Å². The number of halogens is 3. The highest BCUT2D eigenvalue weighted by Gasteiger charge is 2.33. The number of hydrogen-bond acceptors (Lipinski definition) is 5. The first kappa shape index (κ1) is 20.0. The monoisotopic (exact) mass is 383 g/mol. The zero-order chi connectivity index (χ0) is 20.2. The number of hydrazine groups is 1. The van der Waals surface area contributed by atoms with Crippen LogP contribution in [-0.2, 0) is 11.0 Å². The number of nitrogens with zero attached hydrogens (tertiary/aromatic N) is 1. The van der Waals surface area contributed by atoms with E-state index in [1.807, 2.05) is 6.92 Å². The van der Waals surface area contributed by atoms with E-state index in [-0.39, 0.29) is 5.69 Å². The Bertz CT molecular complexity index is 838. The molecule has 2 N–H and O–H groups in total. The first-order valence-corrected chi connectivity index (χ1v) is 7.73. The molecule has 7 nitrogen and oxygen atoms in total. The van der Waals surface area contributed by atoms with Gasteiger partial charge >= 0.3 is 6.18 Å². The summed E-state index contributed by atoms with van der Waals surface area (Å²) < 4.78 is 43.5. The van der Waals surface area contributed by atoms with Gasteiger partial charge in [-0.2, -0.15) is 13.2 Å². The molecule has 0 aromatic heterocycles. The van der Waals surface area contributed by atoms with Gasteiger partial charge in [-0.15, -0.1) is 0 Å². The molecular weight excluding hydrogens is 367 g/mol. The summed E-state index contributed by atoms with van der Waals surface area (Å²) in [6, 6.07) is 8.87. The minimum absolute atomic E-state index is 0.288. The first-order valence-electron chi connectivity index (χ1n) is 7.73. The van der Waals surface area contributed by atoms with Crippen LogP contribution < -0.4 is 15.6 Å². The van der Waals surface area contributed by atoms with Crippen LogP contribution in [0.2, 0.25) is 0 Å². The topological polar surface area (TPSA) is 93.5 Å². The molecule has 0 saturated carbocycles. The van der Waals surface area contributed by atoms with E-state index in [4.69, 9.17) is 4.74 Å². The van der Waals surface area contributed by atoms with Crippen LogP contribution in [0.5, 0.6) is 5.75 Å². The molecular formula is C17H16F3N3O4. The molecule has 0 heterocycles. The molecule has 1 amide bonds. The second-order valence-electron chi connectivity index (χ2n) is 5.67. The Kier molecular flexibility index (Phi) is 5.88. The normalized spacial score (nSPS) is 12.2. The number of rotatable bonds is 6. The summed E-state index contributed by atoms with van der Waals surface area (Å²) in [6.45, 7) is 3.35. The predicted octanol–water partition coefficient (Wildman–Crippen LogP) is 3.83. The lowest BCUT2D eigenvalue weighted by molar-refractivity contribution is -0.384. The summed E-state index contributed by atoms with van der Waals surface area (Å²) in [6.07, 6.45) is -5.67. The second kappa shape index (κ2) is 7.94. The highest BCUT2D eigenvalue weighted by atomic mass is 19.4. The van der Waals surface area contributed by atoms with E-state index in [1.165, 1.54) is 6.92 Å². The lowest BCUT2D eigenvalue weighted by Gasteiger charge is -2.16. The van der Waals surface area contributed by atoms with Crippen molar-refractivity contribution in [2.24, 2.45) is 0 Å². The number of nitro benzene ring substituents is 1. The summed E-state index contributed by atoms with van der Waals surface area (Å²) in [5.74, 6) is -0.214. The average Bonchev–Trinajstić information content (AvgIpc) is 2.60. The van der Waals surface area contributed by atoms with E-state index in [2.05, 4.69) is 10.9 Å². The maximum Gasteiger partial charge on any atom is 0.416 e. The van der Waals surface area contributed by atoms with Gasteiger partial charge in [-0.25, -0.2) is 0 Å². The molecule has 2 aromatic rings. The molecule has 1 unspecified atom stereocenters. The largest absolute Gasteiger partial charge is 0.481 e. The van der Waals surface area contributed by atoms with Gasteiger partial charge in [0, 0.05) is 6.07 Å². The highest BCUT2D eigenvalue weighted by Crippen LogP contribution is 2.34. The van der Waals surface area contributed by atoms with Crippen molar-refractivity contribution in [1.29, 1.82) is 0 Å². The molecule has 10 heteroatoms. The van der Waals surface area contributed by atoms with Gasteiger partial charge in [-0.05, 0) is 38.1 Å². The van der Waals surface area contributed by atoms with Crippen LogP contribution in [0.4, 0.5) is 24.5 Å². The molecule has 0 fully saturated rings. The number of alkyl halides is 3. The van der Waals surface area contributed by atoms with Gasteiger partial charge in [0.15, 0.2) is 6.10 Å². The molecule has 0 radical (unpaired) electrons. The SMILES string of the molecule is Cc1ccc(OC(C)C(=O)NNc2ccc(C(F)(F)F)cc2[N+](=O)[O-])cc1.